The first-order valence-electron chi connectivity index (χ1n) is 16.1. The van der Waals surface area contributed by atoms with Gasteiger partial charge in [0.25, 0.3) is 0 Å². The normalized spacial score (nSPS) is 43.2. The largest absolute Gasteiger partial charge is 0.380 e. The average Bonchev–Trinajstić information content (AvgIpc) is 2.89. The lowest BCUT2D eigenvalue weighted by atomic mass is 9.35. The first-order valence-corrected chi connectivity index (χ1v) is 16.1. The highest BCUT2D eigenvalue weighted by Gasteiger charge is 2.67. The maximum Gasteiger partial charge on any atom is 0.312 e. The van der Waals surface area contributed by atoms with Gasteiger partial charge in [-0.15, -0.1) is 0 Å². The van der Waals surface area contributed by atoms with Gasteiger partial charge >= 0.3 is 11.8 Å². The molecule has 42 heavy (non-hydrogen) atoms. The number of rotatable bonds is 1. The number of ketones is 1. The summed E-state index contributed by atoms with van der Waals surface area (Å²) in [5, 5.41) is 0. The van der Waals surface area contributed by atoms with Gasteiger partial charge in [0.15, 0.2) is 5.78 Å². The zero-order valence-electron chi connectivity index (χ0n) is 26.7. The van der Waals surface area contributed by atoms with E-state index in [-0.39, 0.29) is 50.2 Å². The van der Waals surface area contributed by atoms with Crippen molar-refractivity contribution in [1.29, 1.82) is 0 Å². The predicted octanol–water partition coefficient (Wildman–Crippen LogP) is 5.80. The minimum absolute atomic E-state index is 0.0153. The second-order valence-electron chi connectivity index (χ2n) is 16.5. The molecule has 0 radical (unpaired) electrons. The summed E-state index contributed by atoms with van der Waals surface area (Å²) in [6, 6.07) is 0. The molecule has 7 aliphatic rings. The van der Waals surface area contributed by atoms with E-state index in [0.717, 1.165) is 50.5 Å². The molecule has 0 N–H and O–H groups in total. The van der Waals surface area contributed by atoms with E-state index in [4.69, 9.17) is 4.74 Å². The van der Waals surface area contributed by atoms with Crippen molar-refractivity contribution in [3.8, 4) is 0 Å². The first kappa shape index (κ1) is 28.3. The van der Waals surface area contributed by atoms with Gasteiger partial charge in [-0.3, -0.25) is 14.4 Å². The highest BCUT2D eigenvalue weighted by atomic mass is 16.5. The van der Waals surface area contributed by atoms with E-state index in [1.165, 1.54) is 16.7 Å². The van der Waals surface area contributed by atoms with E-state index >= 15 is 0 Å². The summed E-state index contributed by atoms with van der Waals surface area (Å²) >= 11 is 0. The quantitative estimate of drug-likeness (QED) is 0.373. The fourth-order valence-electron chi connectivity index (χ4n) is 10.7. The number of carbonyl (C=O) groups excluding carboxylic acids is 3. The molecule has 5 unspecified atom stereocenters. The Morgan fingerprint density at radius 3 is 2.29 bits per heavy atom. The number of amides is 2. The molecule has 2 amide bonds. The predicted molar refractivity (Wildman–Crippen MR) is 162 cm³/mol. The SMILES string of the molecule is CC1=CC(=O)C=C2C1=CC=C1C2(C)CC[C@@]2(C)C3CC(C)(N(C)C(=O)C(=O)N4CC5(COC5)C4)CCC3(C)CCC12C. The molecule has 6 heteroatoms. The monoisotopic (exact) mass is 572 g/mol. The first-order chi connectivity index (χ1) is 19.6. The lowest BCUT2D eigenvalue weighted by Gasteiger charge is -2.70. The Kier molecular flexibility index (Phi) is 5.78. The summed E-state index contributed by atoms with van der Waals surface area (Å²) in [6.45, 7) is 16.9. The fraction of sp³-hybridized carbons (Fsp3) is 0.694. The van der Waals surface area contributed by atoms with Crippen LogP contribution in [0.4, 0.5) is 0 Å². The third kappa shape index (κ3) is 3.51. The van der Waals surface area contributed by atoms with Crippen molar-refractivity contribution < 1.29 is 19.1 Å². The molecule has 0 aromatic rings. The van der Waals surface area contributed by atoms with Crippen molar-refractivity contribution in [3.05, 3.63) is 46.6 Å². The zero-order valence-corrected chi connectivity index (χ0v) is 26.7. The molecule has 0 aromatic carbocycles. The lowest BCUT2D eigenvalue weighted by Crippen LogP contribution is -2.69. The maximum atomic E-state index is 13.6. The highest BCUT2D eigenvalue weighted by Crippen LogP contribution is 2.75. The van der Waals surface area contributed by atoms with Crippen molar-refractivity contribution >= 4 is 17.6 Å². The van der Waals surface area contributed by atoms with Crippen LogP contribution in [0.2, 0.25) is 0 Å². The highest BCUT2D eigenvalue weighted by molar-refractivity contribution is 6.35. The van der Waals surface area contributed by atoms with Crippen LogP contribution in [0.25, 0.3) is 0 Å². The molecule has 6 nitrogen and oxygen atoms in total. The summed E-state index contributed by atoms with van der Waals surface area (Å²) in [6.07, 6.45) is 15.7. The summed E-state index contributed by atoms with van der Waals surface area (Å²) in [5.41, 5.74) is 4.82. The summed E-state index contributed by atoms with van der Waals surface area (Å²) in [7, 11) is 1.87. The van der Waals surface area contributed by atoms with E-state index in [9.17, 15) is 14.4 Å². The number of likely N-dealkylation sites (tertiary alicyclic amines) is 1. The van der Waals surface area contributed by atoms with E-state index in [1.807, 2.05) is 18.0 Å². The molecule has 0 bridgehead atoms. The third-order valence-electron chi connectivity index (χ3n) is 14.1. The van der Waals surface area contributed by atoms with Crippen LogP contribution in [-0.4, -0.2) is 66.3 Å². The lowest BCUT2D eigenvalue weighted by molar-refractivity contribution is -0.199. The van der Waals surface area contributed by atoms with Crippen LogP contribution in [0.5, 0.6) is 0 Å². The van der Waals surface area contributed by atoms with Crippen molar-refractivity contribution in [2.75, 3.05) is 33.4 Å². The Labute approximate surface area is 251 Å². The molecule has 7 rings (SSSR count). The van der Waals surface area contributed by atoms with Crippen LogP contribution in [0, 0.1) is 33.0 Å². The average molecular weight is 573 g/mol. The van der Waals surface area contributed by atoms with E-state index < -0.39 is 0 Å². The van der Waals surface area contributed by atoms with Crippen LogP contribution in [0.3, 0.4) is 0 Å². The number of carbonyl (C=O) groups is 3. The Morgan fingerprint density at radius 1 is 0.929 bits per heavy atom. The molecule has 5 fully saturated rings. The molecule has 2 heterocycles. The summed E-state index contributed by atoms with van der Waals surface area (Å²) in [5.74, 6) is -0.184. The van der Waals surface area contributed by atoms with Crippen LogP contribution in [0.1, 0.15) is 86.5 Å². The number of fused-ring (bicyclic) bond motifs is 7. The number of allylic oxidation sites excluding steroid dienone is 8. The molecule has 2 aliphatic heterocycles. The molecular weight excluding hydrogens is 524 g/mol. The Balaban J connectivity index is 1.19. The summed E-state index contributed by atoms with van der Waals surface area (Å²) in [4.78, 5) is 43.1. The van der Waals surface area contributed by atoms with E-state index in [0.29, 0.717) is 32.2 Å². The van der Waals surface area contributed by atoms with Gasteiger partial charge in [0.2, 0.25) is 0 Å². The smallest absolute Gasteiger partial charge is 0.312 e. The molecule has 1 spiro atoms. The number of likely N-dealkylation sites (N-methyl/N-ethyl adjacent to an activating group) is 1. The van der Waals surface area contributed by atoms with E-state index in [2.05, 4.69) is 53.7 Å². The van der Waals surface area contributed by atoms with Crippen molar-refractivity contribution in [2.24, 2.45) is 33.0 Å². The topological polar surface area (TPSA) is 66.9 Å². The Bertz CT molecular complexity index is 1420. The second kappa shape index (κ2) is 8.58. The van der Waals surface area contributed by atoms with Crippen LogP contribution in [0.15, 0.2) is 46.6 Å². The van der Waals surface area contributed by atoms with Gasteiger partial charge in [0.1, 0.15) is 0 Å². The van der Waals surface area contributed by atoms with Crippen molar-refractivity contribution in [1.82, 2.24) is 9.80 Å². The number of nitrogens with zero attached hydrogens (tertiary/aromatic N) is 2. The van der Waals surface area contributed by atoms with Gasteiger partial charge in [-0.25, -0.2) is 0 Å². The molecule has 2 saturated heterocycles. The number of ether oxygens (including phenoxy) is 1. The summed E-state index contributed by atoms with van der Waals surface area (Å²) < 4.78 is 5.36. The van der Waals surface area contributed by atoms with Gasteiger partial charge in [-0.2, -0.15) is 0 Å². The molecular formula is C36H48N2O4. The Hall–Kier alpha value is -2.47. The van der Waals surface area contributed by atoms with Gasteiger partial charge in [-0.1, -0.05) is 45.4 Å². The minimum Gasteiger partial charge on any atom is -0.380 e. The minimum atomic E-state index is -0.366. The van der Waals surface area contributed by atoms with Crippen molar-refractivity contribution in [3.63, 3.8) is 0 Å². The number of hydrogen-bond acceptors (Lipinski definition) is 4. The standard InChI is InChI=1S/C36H48N2O4/c1-23-16-24(39)17-26-25(23)8-9-27-33(26,4)13-15-35(6)28-18-32(3,12-10-31(28,2)11-14-34(27,35)5)37(7)29(40)30(41)38-19-36(20-38)21-42-22-36/h8-9,16-17,28H,10-15,18-22H2,1-7H3/t28?,31?,32?,33?,34?,35-/m0/s1. The molecule has 5 aliphatic carbocycles. The molecule has 226 valence electrons. The Morgan fingerprint density at radius 2 is 1.62 bits per heavy atom. The fourth-order valence-corrected chi connectivity index (χ4v) is 10.7. The second-order valence-corrected chi connectivity index (χ2v) is 16.5. The molecule has 6 atom stereocenters. The van der Waals surface area contributed by atoms with Crippen molar-refractivity contribution in [2.45, 2.75) is 92.0 Å². The van der Waals surface area contributed by atoms with Gasteiger partial charge in [0, 0.05) is 31.1 Å². The van der Waals surface area contributed by atoms with Crippen LogP contribution < -0.4 is 0 Å². The zero-order chi connectivity index (χ0) is 30.1. The maximum absolute atomic E-state index is 13.6. The van der Waals surface area contributed by atoms with Crippen LogP contribution in [-0.2, 0) is 19.1 Å². The van der Waals surface area contributed by atoms with Gasteiger partial charge in [0.05, 0.1) is 18.6 Å². The molecule has 3 saturated carbocycles. The van der Waals surface area contributed by atoms with E-state index in [1.54, 1.807) is 11.0 Å². The third-order valence-corrected chi connectivity index (χ3v) is 14.1. The van der Waals surface area contributed by atoms with Gasteiger partial charge in [-0.05, 0) is 110 Å². The molecule has 0 aromatic heterocycles. The van der Waals surface area contributed by atoms with Gasteiger partial charge < -0.3 is 14.5 Å². The number of hydrogen-bond donors (Lipinski definition) is 0. The van der Waals surface area contributed by atoms with Crippen LogP contribution >= 0.6 is 0 Å².